The van der Waals surface area contributed by atoms with Crippen molar-refractivity contribution in [2.45, 2.75) is 50.2 Å². The highest BCUT2D eigenvalue weighted by Gasteiger charge is 2.41. The molecule has 2 saturated heterocycles. The molecule has 0 radical (unpaired) electrons. The summed E-state index contributed by atoms with van der Waals surface area (Å²) >= 11 is 2.00. The highest BCUT2D eigenvalue weighted by molar-refractivity contribution is 7.99. The Bertz CT molecular complexity index is 268. The topological polar surface area (TPSA) is 32.3 Å². The van der Waals surface area contributed by atoms with Gasteiger partial charge in [0.1, 0.15) is 0 Å². The van der Waals surface area contributed by atoms with E-state index in [-0.39, 0.29) is 6.04 Å². The number of nitrogens with one attached hydrogen (secondary N) is 1. The molecule has 4 heteroatoms. The van der Waals surface area contributed by atoms with Crippen LogP contribution in [0.4, 0.5) is 0 Å². The molecule has 3 nitrogen and oxygen atoms in total. The van der Waals surface area contributed by atoms with Gasteiger partial charge >= 0.3 is 0 Å². The second kappa shape index (κ2) is 4.57. The molecule has 2 heterocycles. The van der Waals surface area contributed by atoms with E-state index in [9.17, 15) is 4.79 Å². The number of rotatable bonds is 3. The van der Waals surface area contributed by atoms with Gasteiger partial charge in [0, 0.05) is 17.8 Å². The molecule has 1 saturated carbocycles. The van der Waals surface area contributed by atoms with Crippen molar-refractivity contribution in [2.24, 2.45) is 0 Å². The Morgan fingerprint density at radius 2 is 2.06 bits per heavy atom. The molecule has 1 N–H and O–H groups in total. The first-order valence-corrected chi connectivity index (χ1v) is 7.65. The minimum absolute atomic E-state index is 0.131. The first kappa shape index (κ1) is 10.9. The summed E-state index contributed by atoms with van der Waals surface area (Å²) in [6.07, 6.45) is 5.88. The van der Waals surface area contributed by atoms with Crippen molar-refractivity contribution >= 4 is 17.7 Å². The summed E-state index contributed by atoms with van der Waals surface area (Å²) in [6.45, 7) is 1.02. The number of carbonyl (C=O) groups excluding carboxylic acids is 1. The molecule has 2 atom stereocenters. The zero-order valence-corrected chi connectivity index (χ0v) is 10.5. The molecule has 3 rings (SSSR count). The van der Waals surface area contributed by atoms with E-state index in [0.717, 1.165) is 25.1 Å². The summed E-state index contributed by atoms with van der Waals surface area (Å²) < 4.78 is 0. The Hall–Kier alpha value is -0.220. The maximum atomic E-state index is 12.5. The predicted octanol–water partition coefficient (Wildman–Crippen LogP) is 1.23. The minimum Gasteiger partial charge on any atom is -0.335 e. The van der Waals surface area contributed by atoms with E-state index >= 15 is 0 Å². The lowest BCUT2D eigenvalue weighted by Crippen LogP contribution is -2.49. The van der Waals surface area contributed by atoms with Gasteiger partial charge in [-0.2, -0.15) is 11.8 Å². The molecule has 16 heavy (non-hydrogen) atoms. The Balaban J connectivity index is 1.68. The molecule has 1 amide bonds. The number of carbonyl (C=O) groups is 1. The smallest absolute Gasteiger partial charge is 0.240 e. The van der Waals surface area contributed by atoms with Crippen LogP contribution in [0.15, 0.2) is 0 Å². The van der Waals surface area contributed by atoms with Crippen molar-refractivity contribution in [3.63, 3.8) is 0 Å². The van der Waals surface area contributed by atoms with Gasteiger partial charge in [-0.3, -0.25) is 4.79 Å². The largest absolute Gasteiger partial charge is 0.335 e. The fraction of sp³-hybridized carbons (Fsp3) is 0.917. The molecule has 2 unspecified atom stereocenters. The quantitative estimate of drug-likeness (QED) is 0.805. The van der Waals surface area contributed by atoms with Gasteiger partial charge < -0.3 is 10.2 Å². The number of thioether (sulfide) groups is 1. The second-order valence-electron chi connectivity index (χ2n) is 5.14. The molecule has 1 aliphatic carbocycles. The van der Waals surface area contributed by atoms with Crippen LogP contribution in [0.25, 0.3) is 0 Å². The van der Waals surface area contributed by atoms with Crippen LogP contribution in [0, 0.1) is 0 Å². The van der Waals surface area contributed by atoms with Crippen molar-refractivity contribution in [1.82, 2.24) is 10.2 Å². The molecule has 2 aliphatic heterocycles. The van der Waals surface area contributed by atoms with Crippen LogP contribution in [0.3, 0.4) is 0 Å². The van der Waals surface area contributed by atoms with Crippen LogP contribution >= 0.6 is 11.8 Å². The van der Waals surface area contributed by atoms with E-state index in [4.69, 9.17) is 0 Å². The third kappa shape index (κ3) is 2.09. The molecule has 90 valence electrons. The van der Waals surface area contributed by atoms with Crippen molar-refractivity contribution < 1.29 is 4.79 Å². The Morgan fingerprint density at radius 3 is 2.62 bits per heavy atom. The van der Waals surface area contributed by atoms with Crippen molar-refractivity contribution in [2.75, 3.05) is 18.1 Å². The van der Waals surface area contributed by atoms with E-state index in [1.165, 1.54) is 25.0 Å². The lowest BCUT2D eigenvalue weighted by molar-refractivity contribution is -0.135. The molecular weight excluding hydrogens is 220 g/mol. The molecule has 0 bridgehead atoms. The standard InChI is InChI=1S/C12H20N2OS/c15-12(11-2-1-6-13-11)14(9-3-4-9)10-5-7-16-8-10/h9-11,13H,1-8H2. The van der Waals surface area contributed by atoms with Gasteiger partial charge in [-0.15, -0.1) is 0 Å². The fourth-order valence-corrected chi connectivity index (χ4v) is 4.03. The SMILES string of the molecule is O=C(C1CCCN1)N(C1CC1)C1CCSC1. The summed E-state index contributed by atoms with van der Waals surface area (Å²) in [7, 11) is 0. The zero-order valence-electron chi connectivity index (χ0n) is 9.65. The third-order valence-corrected chi connectivity index (χ3v) is 5.00. The molecule has 0 aromatic carbocycles. The molecule has 0 aromatic rings. The Morgan fingerprint density at radius 1 is 1.19 bits per heavy atom. The summed E-state index contributed by atoms with van der Waals surface area (Å²) in [5.41, 5.74) is 0. The first-order valence-electron chi connectivity index (χ1n) is 6.49. The fourth-order valence-electron chi connectivity index (χ4n) is 2.83. The van der Waals surface area contributed by atoms with E-state index < -0.39 is 0 Å². The van der Waals surface area contributed by atoms with Gasteiger partial charge in [-0.1, -0.05) is 0 Å². The molecule has 3 fully saturated rings. The van der Waals surface area contributed by atoms with Crippen LogP contribution in [0.2, 0.25) is 0 Å². The monoisotopic (exact) mass is 240 g/mol. The minimum atomic E-state index is 0.131. The normalized spacial score (nSPS) is 34.2. The summed E-state index contributed by atoms with van der Waals surface area (Å²) in [5.74, 6) is 2.79. The van der Waals surface area contributed by atoms with Gasteiger partial charge in [-0.25, -0.2) is 0 Å². The Kier molecular flexibility index (Phi) is 3.11. The van der Waals surface area contributed by atoms with Crippen LogP contribution in [-0.4, -0.2) is 47.0 Å². The van der Waals surface area contributed by atoms with Crippen molar-refractivity contribution in [3.8, 4) is 0 Å². The number of hydrogen-bond acceptors (Lipinski definition) is 3. The molecule has 0 spiro atoms. The van der Waals surface area contributed by atoms with Crippen molar-refractivity contribution in [1.29, 1.82) is 0 Å². The van der Waals surface area contributed by atoms with Gasteiger partial charge in [0.05, 0.1) is 6.04 Å². The van der Waals surface area contributed by atoms with Gasteiger partial charge in [0.2, 0.25) is 5.91 Å². The van der Waals surface area contributed by atoms with Gasteiger partial charge in [0.25, 0.3) is 0 Å². The van der Waals surface area contributed by atoms with Gasteiger partial charge in [-0.05, 0) is 44.4 Å². The predicted molar refractivity (Wildman–Crippen MR) is 66.6 cm³/mol. The molecular formula is C12H20N2OS. The summed E-state index contributed by atoms with van der Waals surface area (Å²) in [6, 6.07) is 1.25. The molecule has 3 aliphatic rings. The van der Waals surface area contributed by atoms with Crippen LogP contribution in [0.5, 0.6) is 0 Å². The van der Waals surface area contributed by atoms with E-state index in [1.54, 1.807) is 0 Å². The lowest BCUT2D eigenvalue weighted by Gasteiger charge is -2.31. The maximum Gasteiger partial charge on any atom is 0.240 e. The lowest BCUT2D eigenvalue weighted by atomic mass is 10.1. The third-order valence-electron chi connectivity index (χ3n) is 3.85. The van der Waals surface area contributed by atoms with Crippen molar-refractivity contribution in [3.05, 3.63) is 0 Å². The highest BCUT2D eigenvalue weighted by Crippen LogP contribution is 2.34. The van der Waals surface area contributed by atoms with E-state index in [2.05, 4.69) is 10.2 Å². The van der Waals surface area contributed by atoms with E-state index in [0.29, 0.717) is 18.0 Å². The summed E-state index contributed by atoms with van der Waals surface area (Å²) in [4.78, 5) is 14.7. The molecule has 0 aromatic heterocycles. The highest BCUT2D eigenvalue weighted by atomic mass is 32.2. The van der Waals surface area contributed by atoms with Crippen LogP contribution < -0.4 is 5.32 Å². The summed E-state index contributed by atoms with van der Waals surface area (Å²) in [5, 5.41) is 3.34. The second-order valence-corrected chi connectivity index (χ2v) is 6.29. The number of amides is 1. The maximum absolute atomic E-state index is 12.5. The van der Waals surface area contributed by atoms with Crippen LogP contribution in [0.1, 0.15) is 32.1 Å². The zero-order chi connectivity index (χ0) is 11.0. The van der Waals surface area contributed by atoms with E-state index in [1.807, 2.05) is 11.8 Å². The first-order chi connectivity index (χ1) is 7.86. The number of nitrogens with zero attached hydrogens (tertiary/aromatic N) is 1. The number of hydrogen-bond donors (Lipinski definition) is 1. The van der Waals surface area contributed by atoms with Gasteiger partial charge in [0.15, 0.2) is 0 Å². The average Bonchev–Trinajstić information content (AvgIpc) is 2.83. The Labute approximate surface area is 101 Å². The average molecular weight is 240 g/mol. The van der Waals surface area contributed by atoms with Crippen LogP contribution in [-0.2, 0) is 4.79 Å².